The number of rotatable bonds is 19. The highest BCUT2D eigenvalue weighted by atomic mass is 32.2. The highest BCUT2D eigenvalue weighted by molar-refractivity contribution is 7.89. The number of methoxy groups -OCH3 is 1. The summed E-state index contributed by atoms with van der Waals surface area (Å²) in [7, 11) is -2.21. The molecule has 2 aromatic rings. The van der Waals surface area contributed by atoms with Gasteiger partial charge in [-0.05, 0) is 36.2 Å². The van der Waals surface area contributed by atoms with Crippen molar-refractivity contribution in [3.8, 4) is 5.75 Å². The molecule has 1 aliphatic heterocycles. The molecule has 0 amide bonds. The van der Waals surface area contributed by atoms with Crippen LogP contribution >= 0.6 is 0 Å². The van der Waals surface area contributed by atoms with Crippen molar-refractivity contribution in [3.63, 3.8) is 0 Å². The lowest BCUT2D eigenvalue weighted by atomic mass is 10.1. The number of piperazine rings is 1. The molecular weight excluding hydrogens is 536 g/mol. The molecule has 1 saturated heterocycles. The van der Waals surface area contributed by atoms with Crippen LogP contribution in [0.25, 0.3) is 0 Å². The number of unbranched alkanes of at least 4 members (excludes halogenated alkanes) is 10. The van der Waals surface area contributed by atoms with Gasteiger partial charge in [0.1, 0.15) is 12.4 Å². The molecule has 0 N–H and O–H groups in total. The predicted octanol–water partition coefficient (Wildman–Crippen LogP) is 6.81. The molecule has 3 rings (SSSR count). The average Bonchev–Trinajstić information content (AvgIpc) is 2.99. The van der Waals surface area contributed by atoms with Crippen molar-refractivity contribution in [3.05, 3.63) is 60.2 Å². The summed E-state index contributed by atoms with van der Waals surface area (Å²) < 4.78 is 39.6. The molecule has 0 aromatic heterocycles. The maximum absolute atomic E-state index is 13.6. The van der Waals surface area contributed by atoms with Crippen LogP contribution in [0.3, 0.4) is 0 Å². The SMILES string of the molecule is CCCCCCCCCCCCCC(=O)OCC1CN(Cc2ccccc2)CCN1S(=O)(=O)c1ccc(OC)cc1. The van der Waals surface area contributed by atoms with E-state index in [1.807, 2.05) is 18.2 Å². The zero-order valence-corrected chi connectivity index (χ0v) is 26.0. The van der Waals surface area contributed by atoms with Gasteiger partial charge < -0.3 is 9.47 Å². The third kappa shape index (κ3) is 11.4. The van der Waals surface area contributed by atoms with Gasteiger partial charge in [0.15, 0.2) is 0 Å². The van der Waals surface area contributed by atoms with Crippen molar-refractivity contribution in [2.45, 2.75) is 101 Å². The van der Waals surface area contributed by atoms with Gasteiger partial charge in [-0.15, -0.1) is 0 Å². The zero-order chi connectivity index (χ0) is 29.3. The molecule has 1 unspecified atom stereocenters. The smallest absolute Gasteiger partial charge is 0.305 e. The molecule has 0 spiro atoms. The van der Waals surface area contributed by atoms with E-state index >= 15 is 0 Å². The lowest BCUT2D eigenvalue weighted by molar-refractivity contribution is -0.145. The Balaban J connectivity index is 1.49. The Labute approximate surface area is 248 Å². The third-order valence-corrected chi connectivity index (χ3v) is 9.82. The molecule has 0 bridgehead atoms. The minimum Gasteiger partial charge on any atom is -0.497 e. The summed E-state index contributed by atoms with van der Waals surface area (Å²) in [6, 6.07) is 16.1. The van der Waals surface area contributed by atoms with Gasteiger partial charge in [0.05, 0.1) is 18.0 Å². The van der Waals surface area contributed by atoms with Gasteiger partial charge >= 0.3 is 5.97 Å². The van der Waals surface area contributed by atoms with Gasteiger partial charge in [-0.1, -0.05) is 101 Å². The Bertz CT molecular complexity index is 1110. The molecule has 8 heteroatoms. The van der Waals surface area contributed by atoms with Crippen molar-refractivity contribution in [2.75, 3.05) is 33.4 Å². The first-order valence-electron chi connectivity index (χ1n) is 15.5. The number of esters is 1. The van der Waals surface area contributed by atoms with Crippen molar-refractivity contribution < 1.29 is 22.7 Å². The quantitative estimate of drug-likeness (QED) is 0.133. The molecule has 2 aromatic carbocycles. The van der Waals surface area contributed by atoms with Gasteiger partial charge in [0.2, 0.25) is 10.0 Å². The van der Waals surface area contributed by atoms with E-state index in [9.17, 15) is 13.2 Å². The van der Waals surface area contributed by atoms with Gasteiger partial charge in [-0.3, -0.25) is 9.69 Å². The second-order valence-corrected chi connectivity index (χ2v) is 13.0. The Morgan fingerprint density at radius 1 is 0.829 bits per heavy atom. The molecule has 1 atom stereocenters. The number of hydrogen-bond acceptors (Lipinski definition) is 6. The summed E-state index contributed by atoms with van der Waals surface area (Å²) in [5.41, 5.74) is 1.17. The molecule has 1 heterocycles. The lowest BCUT2D eigenvalue weighted by Gasteiger charge is -2.40. The van der Waals surface area contributed by atoms with Gasteiger partial charge in [0.25, 0.3) is 0 Å². The molecule has 228 valence electrons. The standard InChI is InChI=1S/C33H50N2O5S/c1-3-4-5-6-7-8-9-10-11-12-16-19-33(36)40-28-30-27-34(26-29-17-14-13-15-18-29)24-25-35(30)41(37,38)32-22-20-31(39-2)21-23-32/h13-15,17-18,20-23,30H,3-12,16,19,24-28H2,1-2H3. The Morgan fingerprint density at radius 2 is 1.44 bits per heavy atom. The monoisotopic (exact) mass is 586 g/mol. The van der Waals surface area contributed by atoms with Crippen LogP contribution in [0, 0.1) is 0 Å². The fourth-order valence-electron chi connectivity index (χ4n) is 5.42. The summed E-state index contributed by atoms with van der Waals surface area (Å²) in [5.74, 6) is 0.354. The number of nitrogens with zero attached hydrogens (tertiary/aromatic N) is 2. The van der Waals surface area contributed by atoms with Crippen LogP contribution in [0.1, 0.15) is 89.5 Å². The first kappa shape index (κ1) is 33.1. The van der Waals surface area contributed by atoms with E-state index in [2.05, 4.69) is 24.0 Å². The first-order chi connectivity index (χ1) is 19.9. The summed E-state index contributed by atoms with van der Waals surface area (Å²) in [5, 5.41) is 0. The van der Waals surface area contributed by atoms with Crippen molar-refractivity contribution >= 4 is 16.0 Å². The van der Waals surface area contributed by atoms with Gasteiger partial charge in [-0.25, -0.2) is 8.42 Å². The number of ether oxygens (including phenoxy) is 2. The van der Waals surface area contributed by atoms with E-state index < -0.39 is 16.1 Å². The minimum atomic E-state index is -3.76. The number of carbonyl (C=O) groups is 1. The number of benzene rings is 2. The molecular formula is C33H50N2O5S. The summed E-state index contributed by atoms with van der Waals surface area (Å²) in [4.78, 5) is 15.0. The highest BCUT2D eigenvalue weighted by Gasteiger charge is 2.37. The maximum atomic E-state index is 13.6. The van der Waals surface area contributed by atoms with Crippen molar-refractivity contribution in [1.29, 1.82) is 0 Å². The van der Waals surface area contributed by atoms with Crippen molar-refractivity contribution in [2.24, 2.45) is 0 Å². The fourth-order valence-corrected chi connectivity index (χ4v) is 7.01. The third-order valence-electron chi connectivity index (χ3n) is 7.85. The van der Waals surface area contributed by atoms with E-state index in [4.69, 9.17) is 9.47 Å². The molecule has 7 nitrogen and oxygen atoms in total. The molecule has 1 aliphatic rings. The Hall–Kier alpha value is -2.42. The maximum Gasteiger partial charge on any atom is 0.305 e. The molecule has 0 radical (unpaired) electrons. The predicted molar refractivity (Wildman–Crippen MR) is 164 cm³/mol. The van der Waals surface area contributed by atoms with Crippen LogP contribution in [-0.4, -0.2) is 63.0 Å². The average molecular weight is 587 g/mol. The minimum absolute atomic E-state index is 0.0531. The fraction of sp³-hybridized carbons (Fsp3) is 0.606. The Morgan fingerprint density at radius 3 is 2.05 bits per heavy atom. The largest absolute Gasteiger partial charge is 0.497 e. The molecule has 41 heavy (non-hydrogen) atoms. The van der Waals surface area contributed by atoms with Gasteiger partial charge in [-0.2, -0.15) is 4.31 Å². The zero-order valence-electron chi connectivity index (χ0n) is 25.1. The van der Waals surface area contributed by atoms with Crippen LogP contribution in [-0.2, 0) is 26.1 Å². The van der Waals surface area contributed by atoms with Crippen molar-refractivity contribution in [1.82, 2.24) is 9.21 Å². The topological polar surface area (TPSA) is 76.2 Å². The van der Waals surface area contributed by atoms with E-state index in [0.717, 1.165) is 25.8 Å². The first-order valence-corrected chi connectivity index (χ1v) is 17.0. The van der Waals surface area contributed by atoms with E-state index in [1.54, 1.807) is 31.4 Å². The van der Waals surface area contributed by atoms with E-state index in [1.165, 1.54) is 61.2 Å². The summed E-state index contributed by atoms with van der Waals surface area (Å²) in [6.07, 6.45) is 13.8. The van der Waals surface area contributed by atoms with Gasteiger partial charge in [0, 0.05) is 32.6 Å². The van der Waals surface area contributed by atoms with Crippen LogP contribution in [0.4, 0.5) is 0 Å². The molecule has 0 aliphatic carbocycles. The Kier molecular flexibility index (Phi) is 14.7. The second-order valence-electron chi connectivity index (χ2n) is 11.1. The normalized spacial score (nSPS) is 16.5. The van der Waals surface area contributed by atoms with Crippen LogP contribution < -0.4 is 4.74 Å². The second kappa shape index (κ2) is 18.2. The van der Waals surface area contributed by atoms with Crippen LogP contribution in [0.2, 0.25) is 0 Å². The highest BCUT2D eigenvalue weighted by Crippen LogP contribution is 2.25. The van der Waals surface area contributed by atoms with E-state index in [-0.39, 0.29) is 17.5 Å². The number of carbonyl (C=O) groups excluding carboxylic acids is 1. The lowest BCUT2D eigenvalue weighted by Crippen LogP contribution is -2.56. The number of sulfonamides is 1. The molecule has 1 fully saturated rings. The molecule has 0 saturated carbocycles. The number of hydrogen-bond donors (Lipinski definition) is 0. The van der Waals surface area contributed by atoms with E-state index in [0.29, 0.717) is 31.8 Å². The van der Waals surface area contributed by atoms with Crippen LogP contribution in [0.5, 0.6) is 5.75 Å². The van der Waals surface area contributed by atoms with Crippen LogP contribution in [0.15, 0.2) is 59.5 Å². The summed E-state index contributed by atoms with van der Waals surface area (Å²) in [6.45, 7) is 4.46. The summed E-state index contributed by atoms with van der Waals surface area (Å²) >= 11 is 0.